The van der Waals surface area contributed by atoms with Crippen LogP contribution in [-0.4, -0.2) is 36.5 Å². The van der Waals surface area contributed by atoms with E-state index in [0.717, 1.165) is 38.4 Å². The van der Waals surface area contributed by atoms with Crippen molar-refractivity contribution < 1.29 is 4.79 Å². The Hall–Kier alpha value is -0.570. The number of carbonyl (C=O) groups excluding carboxylic acids is 1. The largest absolute Gasteiger partial charge is 0.341 e. The molecule has 0 bridgehead atoms. The van der Waals surface area contributed by atoms with Crippen molar-refractivity contribution in [2.45, 2.75) is 44.6 Å². The van der Waals surface area contributed by atoms with Crippen LogP contribution in [0.5, 0.6) is 0 Å². The van der Waals surface area contributed by atoms with Crippen LogP contribution in [0.15, 0.2) is 0 Å². The highest BCUT2D eigenvalue weighted by molar-refractivity contribution is 5.81. The molecule has 0 aromatic carbocycles. The zero-order valence-corrected chi connectivity index (χ0v) is 9.95. The molecule has 3 rings (SSSR count). The van der Waals surface area contributed by atoms with Gasteiger partial charge in [-0.25, -0.2) is 0 Å². The van der Waals surface area contributed by atoms with Crippen molar-refractivity contribution in [3.05, 3.63) is 0 Å². The summed E-state index contributed by atoms with van der Waals surface area (Å²) in [5.41, 5.74) is 0. The van der Waals surface area contributed by atoms with Crippen LogP contribution in [0.1, 0.15) is 38.5 Å². The molecule has 3 nitrogen and oxygen atoms in total. The first-order chi connectivity index (χ1) is 7.83. The van der Waals surface area contributed by atoms with Gasteiger partial charge in [-0.1, -0.05) is 0 Å². The average Bonchev–Trinajstić information content (AvgIpc) is 3.18. The molecule has 2 saturated carbocycles. The van der Waals surface area contributed by atoms with Gasteiger partial charge < -0.3 is 10.2 Å². The molecule has 0 radical (unpaired) electrons. The summed E-state index contributed by atoms with van der Waals surface area (Å²) in [5.74, 6) is 1.66. The predicted octanol–water partition coefficient (Wildman–Crippen LogP) is 1.39. The van der Waals surface area contributed by atoms with E-state index in [4.69, 9.17) is 0 Å². The van der Waals surface area contributed by atoms with Crippen molar-refractivity contribution in [3.63, 3.8) is 0 Å². The van der Waals surface area contributed by atoms with E-state index in [1.165, 1.54) is 25.7 Å². The van der Waals surface area contributed by atoms with Gasteiger partial charge in [0.15, 0.2) is 0 Å². The Morgan fingerprint density at radius 2 is 1.94 bits per heavy atom. The fourth-order valence-electron chi connectivity index (χ4n) is 2.63. The molecule has 0 spiro atoms. The Bertz CT molecular complexity index is 265. The van der Waals surface area contributed by atoms with E-state index in [2.05, 4.69) is 10.2 Å². The molecule has 3 heteroatoms. The second kappa shape index (κ2) is 4.36. The van der Waals surface area contributed by atoms with Gasteiger partial charge in [0.2, 0.25) is 5.91 Å². The molecule has 3 fully saturated rings. The van der Waals surface area contributed by atoms with E-state index in [-0.39, 0.29) is 0 Å². The predicted molar refractivity (Wildman–Crippen MR) is 63.1 cm³/mol. The summed E-state index contributed by atoms with van der Waals surface area (Å²) in [4.78, 5) is 14.3. The molecule has 1 N–H and O–H groups in total. The van der Waals surface area contributed by atoms with Crippen LogP contribution in [0.25, 0.3) is 0 Å². The minimum Gasteiger partial charge on any atom is -0.341 e. The van der Waals surface area contributed by atoms with Crippen LogP contribution in [-0.2, 0) is 4.79 Å². The standard InChI is InChI=1S/C13H22N2O/c16-13(11-5-6-11)15(8-10-3-4-10)9-12-2-1-7-14-12/h10-12,14H,1-9H2. The van der Waals surface area contributed by atoms with Gasteiger partial charge >= 0.3 is 0 Å². The van der Waals surface area contributed by atoms with E-state index < -0.39 is 0 Å². The monoisotopic (exact) mass is 222 g/mol. The van der Waals surface area contributed by atoms with Gasteiger partial charge in [-0.05, 0) is 51.0 Å². The summed E-state index contributed by atoms with van der Waals surface area (Å²) in [6.07, 6.45) is 7.48. The number of rotatable bonds is 5. The molecule has 1 unspecified atom stereocenters. The molecule has 1 saturated heterocycles. The Balaban J connectivity index is 1.55. The van der Waals surface area contributed by atoms with Crippen molar-refractivity contribution in [1.82, 2.24) is 10.2 Å². The van der Waals surface area contributed by atoms with Crippen LogP contribution < -0.4 is 5.32 Å². The number of hydrogen-bond acceptors (Lipinski definition) is 2. The van der Waals surface area contributed by atoms with Crippen molar-refractivity contribution in [2.24, 2.45) is 11.8 Å². The van der Waals surface area contributed by atoms with Gasteiger partial charge in [0.05, 0.1) is 0 Å². The zero-order chi connectivity index (χ0) is 11.0. The third-order valence-corrected chi connectivity index (χ3v) is 4.02. The Kier molecular flexibility index (Phi) is 2.88. The first-order valence-electron chi connectivity index (χ1n) is 6.85. The van der Waals surface area contributed by atoms with Crippen LogP contribution in [0.2, 0.25) is 0 Å². The fourth-order valence-corrected chi connectivity index (χ4v) is 2.63. The second-order valence-corrected chi connectivity index (χ2v) is 5.75. The van der Waals surface area contributed by atoms with Crippen LogP contribution >= 0.6 is 0 Å². The Morgan fingerprint density at radius 3 is 2.50 bits per heavy atom. The van der Waals surface area contributed by atoms with Gasteiger partial charge in [0.1, 0.15) is 0 Å². The third kappa shape index (κ3) is 2.57. The van der Waals surface area contributed by atoms with Crippen molar-refractivity contribution >= 4 is 5.91 Å². The van der Waals surface area contributed by atoms with E-state index in [0.29, 0.717) is 17.9 Å². The molecular weight excluding hydrogens is 200 g/mol. The lowest BCUT2D eigenvalue weighted by Gasteiger charge is -2.26. The van der Waals surface area contributed by atoms with Gasteiger partial charge in [-0.3, -0.25) is 4.79 Å². The zero-order valence-electron chi connectivity index (χ0n) is 9.95. The molecule has 1 atom stereocenters. The van der Waals surface area contributed by atoms with E-state index >= 15 is 0 Å². The number of nitrogens with one attached hydrogen (secondary N) is 1. The van der Waals surface area contributed by atoms with E-state index in [1.807, 2.05) is 0 Å². The fraction of sp³-hybridized carbons (Fsp3) is 0.923. The number of carbonyl (C=O) groups is 1. The minimum atomic E-state index is 0.389. The summed E-state index contributed by atoms with van der Waals surface area (Å²) in [7, 11) is 0. The Labute approximate surface area is 97.6 Å². The molecule has 3 aliphatic rings. The molecule has 1 amide bonds. The second-order valence-electron chi connectivity index (χ2n) is 5.75. The van der Waals surface area contributed by atoms with Crippen LogP contribution in [0.3, 0.4) is 0 Å². The molecule has 90 valence electrons. The highest BCUT2D eigenvalue weighted by atomic mass is 16.2. The lowest BCUT2D eigenvalue weighted by Crippen LogP contribution is -2.42. The maximum Gasteiger partial charge on any atom is 0.225 e. The van der Waals surface area contributed by atoms with Crippen molar-refractivity contribution in [1.29, 1.82) is 0 Å². The van der Waals surface area contributed by atoms with Gasteiger partial charge in [-0.15, -0.1) is 0 Å². The molecule has 16 heavy (non-hydrogen) atoms. The van der Waals surface area contributed by atoms with Gasteiger partial charge in [0.25, 0.3) is 0 Å². The number of nitrogens with zero attached hydrogens (tertiary/aromatic N) is 1. The molecule has 0 aromatic rings. The molecule has 1 aliphatic heterocycles. The first kappa shape index (κ1) is 10.6. The molecule has 0 aromatic heterocycles. The lowest BCUT2D eigenvalue weighted by atomic mass is 10.2. The first-order valence-corrected chi connectivity index (χ1v) is 6.85. The van der Waals surface area contributed by atoms with Crippen molar-refractivity contribution in [3.8, 4) is 0 Å². The van der Waals surface area contributed by atoms with Crippen LogP contribution in [0.4, 0.5) is 0 Å². The SMILES string of the molecule is O=C(C1CC1)N(CC1CC1)CC1CCCN1. The average molecular weight is 222 g/mol. The number of hydrogen-bond donors (Lipinski definition) is 1. The maximum absolute atomic E-state index is 12.2. The number of amides is 1. The van der Waals surface area contributed by atoms with Crippen molar-refractivity contribution in [2.75, 3.05) is 19.6 Å². The summed E-state index contributed by atoms with van der Waals surface area (Å²) < 4.78 is 0. The maximum atomic E-state index is 12.2. The van der Waals surface area contributed by atoms with E-state index in [1.54, 1.807) is 0 Å². The molecule has 2 aliphatic carbocycles. The highest BCUT2D eigenvalue weighted by Crippen LogP contribution is 2.34. The van der Waals surface area contributed by atoms with E-state index in [9.17, 15) is 4.79 Å². The summed E-state index contributed by atoms with van der Waals surface area (Å²) in [5, 5.41) is 3.50. The minimum absolute atomic E-state index is 0.389. The summed E-state index contributed by atoms with van der Waals surface area (Å²) in [6.45, 7) is 3.14. The molecule has 1 heterocycles. The third-order valence-electron chi connectivity index (χ3n) is 4.02. The van der Waals surface area contributed by atoms with Gasteiger partial charge in [0, 0.05) is 25.0 Å². The normalized spacial score (nSPS) is 29.4. The highest BCUT2D eigenvalue weighted by Gasteiger charge is 2.36. The van der Waals surface area contributed by atoms with Crippen LogP contribution in [0, 0.1) is 11.8 Å². The molecular formula is C13H22N2O. The Morgan fingerprint density at radius 1 is 1.12 bits per heavy atom. The smallest absolute Gasteiger partial charge is 0.225 e. The summed E-state index contributed by atoms with van der Waals surface area (Å²) >= 11 is 0. The lowest BCUT2D eigenvalue weighted by molar-refractivity contribution is -0.133. The van der Waals surface area contributed by atoms with Gasteiger partial charge in [-0.2, -0.15) is 0 Å². The topological polar surface area (TPSA) is 32.3 Å². The quantitative estimate of drug-likeness (QED) is 0.762. The summed E-state index contributed by atoms with van der Waals surface area (Å²) in [6, 6.07) is 0.571.